The van der Waals surface area contributed by atoms with Crippen molar-refractivity contribution < 1.29 is 5.11 Å². The number of fused-ring (bicyclic) bond motifs is 3. The molecule has 10 nitrogen and oxygen atoms in total. The number of hydrogen-bond acceptors (Lipinski definition) is 10. The maximum absolute atomic E-state index is 10.3. The van der Waals surface area contributed by atoms with E-state index >= 15 is 0 Å². The number of phenolic OH excluding ortho intramolecular Hbond substituents is 1. The number of piperazine rings is 2. The van der Waals surface area contributed by atoms with Gasteiger partial charge in [0.05, 0.1) is 35.5 Å². The van der Waals surface area contributed by atoms with Crippen molar-refractivity contribution >= 4 is 23.1 Å². The molecule has 2 fully saturated rings. The van der Waals surface area contributed by atoms with Gasteiger partial charge in [0, 0.05) is 57.4 Å². The molecule has 2 aromatic heterocycles. The van der Waals surface area contributed by atoms with Gasteiger partial charge in [0.25, 0.3) is 0 Å². The van der Waals surface area contributed by atoms with E-state index in [0.29, 0.717) is 17.3 Å². The second-order valence-electron chi connectivity index (χ2n) is 9.20. The largest absolute Gasteiger partial charge is 0.507 e. The van der Waals surface area contributed by atoms with Gasteiger partial charge in [-0.3, -0.25) is 0 Å². The van der Waals surface area contributed by atoms with Crippen molar-refractivity contribution in [2.24, 2.45) is 0 Å². The predicted molar refractivity (Wildman–Crippen MR) is 133 cm³/mol. The van der Waals surface area contributed by atoms with Gasteiger partial charge in [-0.1, -0.05) is 12.1 Å². The number of benzene rings is 1. The molecule has 0 radical (unpaired) electrons. The topological polar surface area (TPSA) is 106 Å². The van der Waals surface area contributed by atoms with E-state index in [2.05, 4.69) is 42.5 Å². The first-order valence-electron chi connectivity index (χ1n) is 11.9. The standard InChI is InChI=1S/C24H29N9O/c1-16-14-31(7-6-25-16)17-11-27-24(28-12-17)32-8-9-33-18(15-32)13-26-23-21(33)10-20(29-30-23)19-4-2-3-5-22(19)34/h2-5,10-12,16,18,25,34H,6-9,13-15H2,1H3,(H,26,30)/t16-,18+/m1/s1. The molecule has 176 valence electrons. The summed E-state index contributed by atoms with van der Waals surface area (Å²) in [5.74, 6) is 1.77. The molecule has 10 heteroatoms. The Morgan fingerprint density at radius 1 is 1.00 bits per heavy atom. The van der Waals surface area contributed by atoms with Gasteiger partial charge in [-0.2, -0.15) is 0 Å². The molecular weight excluding hydrogens is 430 g/mol. The Kier molecular flexibility index (Phi) is 5.29. The van der Waals surface area contributed by atoms with Gasteiger partial charge in [-0.05, 0) is 25.1 Å². The van der Waals surface area contributed by atoms with E-state index < -0.39 is 0 Å². The minimum Gasteiger partial charge on any atom is -0.507 e. The van der Waals surface area contributed by atoms with Gasteiger partial charge in [0.1, 0.15) is 5.75 Å². The van der Waals surface area contributed by atoms with Crippen LogP contribution in [0.3, 0.4) is 0 Å². The van der Waals surface area contributed by atoms with Crippen LogP contribution >= 0.6 is 0 Å². The van der Waals surface area contributed by atoms with Crippen molar-refractivity contribution in [3.63, 3.8) is 0 Å². The number of nitrogens with one attached hydrogen (secondary N) is 2. The zero-order chi connectivity index (χ0) is 23.1. The van der Waals surface area contributed by atoms with Crippen molar-refractivity contribution in [1.82, 2.24) is 25.5 Å². The number of hydrogen-bond donors (Lipinski definition) is 3. The van der Waals surface area contributed by atoms with Crippen LogP contribution in [0.2, 0.25) is 0 Å². The smallest absolute Gasteiger partial charge is 0.225 e. The molecule has 34 heavy (non-hydrogen) atoms. The van der Waals surface area contributed by atoms with Gasteiger partial charge in [-0.25, -0.2) is 9.97 Å². The molecule has 3 aliphatic heterocycles. The van der Waals surface area contributed by atoms with Crippen molar-refractivity contribution in [3.8, 4) is 17.0 Å². The molecule has 6 rings (SSSR count). The zero-order valence-corrected chi connectivity index (χ0v) is 19.2. The predicted octanol–water partition coefficient (Wildman–Crippen LogP) is 1.56. The number of rotatable bonds is 3. The van der Waals surface area contributed by atoms with Gasteiger partial charge >= 0.3 is 0 Å². The summed E-state index contributed by atoms with van der Waals surface area (Å²) >= 11 is 0. The van der Waals surface area contributed by atoms with E-state index in [1.54, 1.807) is 12.1 Å². The van der Waals surface area contributed by atoms with Gasteiger partial charge in [0.2, 0.25) is 5.95 Å². The summed E-state index contributed by atoms with van der Waals surface area (Å²) in [5.41, 5.74) is 3.46. The van der Waals surface area contributed by atoms with E-state index in [1.807, 2.05) is 30.6 Å². The highest BCUT2D eigenvalue weighted by Crippen LogP contribution is 2.36. The van der Waals surface area contributed by atoms with Gasteiger partial charge in [0.15, 0.2) is 5.82 Å². The van der Waals surface area contributed by atoms with E-state index in [0.717, 1.165) is 69.0 Å². The Morgan fingerprint density at radius 3 is 2.68 bits per heavy atom. The maximum Gasteiger partial charge on any atom is 0.225 e. The minimum atomic E-state index is 0.206. The van der Waals surface area contributed by atoms with Crippen LogP contribution in [-0.2, 0) is 0 Å². The first kappa shape index (κ1) is 20.9. The van der Waals surface area contributed by atoms with E-state index in [-0.39, 0.29) is 11.8 Å². The summed E-state index contributed by atoms with van der Waals surface area (Å²) in [6, 6.07) is 9.99. The number of aromatic nitrogens is 4. The zero-order valence-electron chi connectivity index (χ0n) is 19.2. The molecule has 0 bridgehead atoms. The number of para-hydroxylation sites is 1. The van der Waals surface area contributed by atoms with Crippen LogP contribution in [0, 0.1) is 0 Å². The quantitative estimate of drug-likeness (QED) is 0.534. The molecule has 3 aromatic rings. The molecular formula is C24H29N9O. The second kappa shape index (κ2) is 8.60. The Bertz CT molecular complexity index is 1170. The maximum atomic E-state index is 10.3. The first-order valence-corrected chi connectivity index (χ1v) is 11.9. The molecule has 2 saturated heterocycles. The van der Waals surface area contributed by atoms with E-state index in [4.69, 9.17) is 9.97 Å². The van der Waals surface area contributed by atoms with E-state index in [1.165, 1.54) is 0 Å². The molecule has 0 amide bonds. The minimum absolute atomic E-state index is 0.206. The van der Waals surface area contributed by atoms with Crippen molar-refractivity contribution in [2.75, 3.05) is 65.8 Å². The van der Waals surface area contributed by atoms with E-state index in [9.17, 15) is 5.11 Å². The summed E-state index contributed by atoms with van der Waals surface area (Å²) in [4.78, 5) is 16.4. The van der Waals surface area contributed by atoms with Crippen LogP contribution in [0.1, 0.15) is 6.92 Å². The fraction of sp³-hybridized carbons (Fsp3) is 0.417. The second-order valence-corrected chi connectivity index (χ2v) is 9.20. The Labute approximate surface area is 198 Å². The third kappa shape index (κ3) is 3.83. The SMILES string of the molecule is C[C@@H]1CN(c2cnc(N3CCN4c5cc(-c6ccccc6O)nnc5NC[C@H]4C3)nc2)CCN1. The lowest BCUT2D eigenvalue weighted by molar-refractivity contribution is 0.477. The molecule has 1 aromatic carbocycles. The average molecular weight is 460 g/mol. The normalized spacial score (nSPS) is 22.1. The summed E-state index contributed by atoms with van der Waals surface area (Å²) in [5, 5.41) is 25.9. The highest BCUT2D eigenvalue weighted by atomic mass is 16.3. The highest BCUT2D eigenvalue weighted by molar-refractivity contribution is 5.76. The molecule has 3 aliphatic rings. The van der Waals surface area contributed by atoms with Crippen LogP contribution in [0.5, 0.6) is 5.75 Å². The lowest BCUT2D eigenvalue weighted by Gasteiger charge is -2.45. The van der Waals surface area contributed by atoms with Crippen molar-refractivity contribution in [3.05, 3.63) is 42.7 Å². The molecule has 0 spiro atoms. The Morgan fingerprint density at radius 2 is 1.85 bits per heavy atom. The Balaban J connectivity index is 1.18. The van der Waals surface area contributed by atoms with Crippen LogP contribution in [-0.4, -0.2) is 83.2 Å². The third-order valence-corrected chi connectivity index (χ3v) is 6.89. The Hall–Kier alpha value is -3.66. The number of anilines is 4. The molecule has 5 heterocycles. The number of aromatic hydroxyl groups is 1. The summed E-state index contributed by atoms with van der Waals surface area (Å²) in [6.07, 6.45) is 3.91. The first-order chi connectivity index (χ1) is 16.7. The summed E-state index contributed by atoms with van der Waals surface area (Å²) in [7, 11) is 0. The average Bonchev–Trinajstić information content (AvgIpc) is 2.88. The van der Waals surface area contributed by atoms with Crippen molar-refractivity contribution in [1.29, 1.82) is 0 Å². The molecule has 0 unspecified atom stereocenters. The molecule has 2 atom stereocenters. The van der Waals surface area contributed by atoms with Crippen LogP contribution < -0.4 is 25.3 Å². The number of phenols is 1. The molecule has 3 N–H and O–H groups in total. The number of nitrogens with zero attached hydrogens (tertiary/aromatic N) is 7. The molecule has 0 aliphatic carbocycles. The highest BCUT2D eigenvalue weighted by Gasteiger charge is 2.34. The lowest BCUT2D eigenvalue weighted by Crippen LogP contribution is -2.58. The third-order valence-electron chi connectivity index (χ3n) is 6.89. The van der Waals surface area contributed by atoms with Gasteiger partial charge < -0.3 is 30.4 Å². The van der Waals surface area contributed by atoms with Crippen molar-refractivity contribution in [2.45, 2.75) is 19.0 Å². The fourth-order valence-corrected chi connectivity index (χ4v) is 5.10. The summed E-state index contributed by atoms with van der Waals surface area (Å²) < 4.78 is 0. The summed E-state index contributed by atoms with van der Waals surface area (Å²) in [6.45, 7) is 8.41. The van der Waals surface area contributed by atoms with Gasteiger partial charge in [-0.15, -0.1) is 10.2 Å². The lowest BCUT2D eigenvalue weighted by atomic mass is 10.1. The fourth-order valence-electron chi connectivity index (χ4n) is 5.10. The molecule has 0 saturated carbocycles. The van der Waals surface area contributed by atoms with Crippen LogP contribution in [0.25, 0.3) is 11.3 Å². The van der Waals surface area contributed by atoms with Crippen LogP contribution in [0.15, 0.2) is 42.7 Å². The monoisotopic (exact) mass is 459 g/mol. The van der Waals surface area contributed by atoms with Crippen LogP contribution in [0.4, 0.5) is 23.1 Å².